The van der Waals surface area contributed by atoms with E-state index in [1.54, 1.807) is 16.7 Å². The van der Waals surface area contributed by atoms with Crippen molar-refractivity contribution in [1.82, 2.24) is 9.80 Å². The Morgan fingerprint density at radius 1 is 1.00 bits per heavy atom. The zero-order valence-electron chi connectivity index (χ0n) is 14.4. The largest absolute Gasteiger partial charge is 0.465 e. The van der Waals surface area contributed by atoms with Crippen LogP contribution in [0.1, 0.15) is 40.5 Å². The molecule has 0 radical (unpaired) electrons. The summed E-state index contributed by atoms with van der Waals surface area (Å²) < 4.78 is 10.4. The zero-order valence-corrected chi connectivity index (χ0v) is 14.4. The molecule has 2 amide bonds. The summed E-state index contributed by atoms with van der Waals surface area (Å²) in [6.07, 6.45) is 0.740. The van der Waals surface area contributed by atoms with E-state index in [0.29, 0.717) is 39.0 Å². The maximum atomic E-state index is 12.6. The van der Waals surface area contributed by atoms with E-state index in [-0.39, 0.29) is 18.6 Å². The van der Waals surface area contributed by atoms with Gasteiger partial charge in [0.1, 0.15) is 11.0 Å². The van der Waals surface area contributed by atoms with Crippen LogP contribution in [0.5, 0.6) is 0 Å². The van der Waals surface area contributed by atoms with Crippen LogP contribution in [0.4, 0.5) is 4.79 Å². The molecular weight excluding hydrogens is 300 g/mol. The third-order valence-corrected chi connectivity index (χ3v) is 4.04. The Balaban J connectivity index is 1.88. The van der Waals surface area contributed by atoms with Crippen molar-refractivity contribution in [1.29, 1.82) is 0 Å². The fraction of sp³-hybridized carbons (Fsp3) is 0.812. The summed E-state index contributed by atoms with van der Waals surface area (Å²) in [6.45, 7) is 9.14. The zero-order chi connectivity index (χ0) is 17.3. The van der Waals surface area contributed by atoms with Crippen molar-refractivity contribution in [2.75, 3.05) is 32.8 Å². The number of carbonyl (C=O) groups excluding carboxylic acids is 3. The first-order chi connectivity index (χ1) is 10.7. The Bertz CT molecular complexity index is 485. The van der Waals surface area contributed by atoms with E-state index in [2.05, 4.69) is 0 Å². The van der Waals surface area contributed by atoms with Crippen LogP contribution in [0.2, 0.25) is 0 Å². The van der Waals surface area contributed by atoms with Gasteiger partial charge in [-0.1, -0.05) is 0 Å². The summed E-state index contributed by atoms with van der Waals surface area (Å²) >= 11 is 0. The topological polar surface area (TPSA) is 76.2 Å². The van der Waals surface area contributed by atoms with Crippen molar-refractivity contribution >= 4 is 18.0 Å². The fourth-order valence-electron chi connectivity index (χ4n) is 2.62. The first-order valence-corrected chi connectivity index (χ1v) is 8.14. The molecule has 1 aliphatic heterocycles. The molecule has 1 saturated carbocycles. The molecule has 0 aromatic carbocycles. The van der Waals surface area contributed by atoms with Gasteiger partial charge in [-0.15, -0.1) is 0 Å². The van der Waals surface area contributed by atoms with Gasteiger partial charge in [-0.05, 0) is 40.5 Å². The average Bonchev–Trinajstić information content (AvgIpc) is 3.27. The molecule has 0 bridgehead atoms. The van der Waals surface area contributed by atoms with Gasteiger partial charge in [0.05, 0.1) is 6.61 Å². The van der Waals surface area contributed by atoms with E-state index in [0.717, 1.165) is 0 Å². The lowest BCUT2D eigenvalue weighted by atomic mass is 10.1. The molecule has 1 heterocycles. The van der Waals surface area contributed by atoms with Gasteiger partial charge < -0.3 is 19.3 Å². The Labute approximate surface area is 136 Å². The normalized spacial score (nSPS) is 20.0. The van der Waals surface area contributed by atoms with Crippen LogP contribution in [0.3, 0.4) is 0 Å². The van der Waals surface area contributed by atoms with Gasteiger partial charge in [-0.3, -0.25) is 9.59 Å². The second kappa shape index (κ2) is 6.37. The van der Waals surface area contributed by atoms with Gasteiger partial charge in [-0.2, -0.15) is 0 Å². The molecule has 1 saturated heterocycles. The van der Waals surface area contributed by atoms with Crippen molar-refractivity contribution in [3.63, 3.8) is 0 Å². The van der Waals surface area contributed by atoms with Gasteiger partial charge >= 0.3 is 12.1 Å². The minimum atomic E-state index is -0.968. The molecule has 2 aliphatic rings. The minimum Gasteiger partial charge on any atom is -0.465 e. The molecule has 0 atom stereocenters. The highest BCUT2D eigenvalue weighted by atomic mass is 16.6. The number of nitrogens with zero attached hydrogens (tertiary/aromatic N) is 2. The molecule has 130 valence electrons. The van der Waals surface area contributed by atoms with E-state index < -0.39 is 17.0 Å². The molecule has 7 heteroatoms. The SMILES string of the molecule is CCOC(=O)C1(C(=O)N2CCN(C(=O)OC(C)(C)C)CC2)CC1. The quantitative estimate of drug-likeness (QED) is 0.579. The molecule has 0 unspecified atom stereocenters. The summed E-state index contributed by atoms with van der Waals surface area (Å²) in [5.74, 6) is -0.584. The predicted octanol–water partition coefficient (Wildman–Crippen LogP) is 1.41. The standard InChI is InChI=1S/C16H26N2O5/c1-5-22-13(20)16(6-7-16)12(19)17-8-10-18(11-9-17)14(21)23-15(2,3)4/h5-11H2,1-4H3. The molecular formula is C16H26N2O5. The van der Waals surface area contributed by atoms with Gasteiger partial charge in [-0.25, -0.2) is 4.79 Å². The van der Waals surface area contributed by atoms with Gasteiger partial charge in [0.25, 0.3) is 0 Å². The van der Waals surface area contributed by atoms with Crippen LogP contribution in [0.25, 0.3) is 0 Å². The summed E-state index contributed by atoms with van der Waals surface area (Å²) in [4.78, 5) is 39.9. The molecule has 7 nitrogen and oxygen atoms in total. The molecule has 23 heavy (non-hydrogen) atoms. The number of rotatable bonds is 3. The molecule has 0 spiro atoms. The van der Waals surface area contributed by atoms with Crippen molar-refractivity contribution < 1.29 is 23.9 Å². The van der Waals surface area contributed by atoms with Crippen LogP contribution < -0.4 is 0 Å². The summed E-state index contributed by atoms with van der Waals surface area (Å²) in [7, 11) is 0. The second-order valence-electron chi connectivity index (χ2n) is 7.06. The third-order valence-electron chi connectivity index (χ3n) is 4.04. The summed E-state index contributed by atoms with van der Waals surface area (Å²) in [5, 5.41) is 0. The van der Waals surface area contributed by atoms with Gasteiger partial charge in [0.15, 0.2) is 0 Å². The predicted molar refractivity (Wildman–Crippen MR) is 82.7 cm³/mol. The highest BCUT2D eigenvalue weighted by Gasteiger charge is 2.59. The van der Waals surface area contributed by atoms with Crippen molar-refractivity contribution in [2.45, 2.75) is 46.1 Å². The van der Waals surface area contributed by atoms with Crippen LogP contribution in [0, 0.1) is 5.41 Å². The number of piperazine rings is 1. The Kier molecular flexibility index (Phi) is 4.87. The molecule has 0 aromatic rings. The summed E-state index contributed by atoms with van der Waals surface area (Å²) in [6, 6.07) is 0. The lowest BCUT2D eigenvalue weighted by Crippen LogP contribution is -2.54. The molecule has 2 rings (SSSR count). The molecule has 1 aliphatic carbocycles. The van der Waals surface area contributed by atoms with Crippen molar-refractivity contribution in [2.24, 2.45) is 5.41 Å². The highest BCUT2D eigenvalue weighted by Crippen LogP contribution is 2.48. The first-order valence-electron chi connectivity index (χ1n) is 8.14. The molecule has 0 aromatic heterocycles. The lowest BCUT2D eigenvalue weighted by molar-refractivity contribution is -0.158. The first kappa shape index (κ1) is 17.6. The Hall–Kier alpha value is -1.79. The number of hydrogen-bond donors (Lipinski definition) is 0. The second-order valence-corrected chi connectivity index (χ2v) is 7.06. The Morgan fingerprint density at radius 2 is 1.52 bits per heavy atom. The minimum absolute atomic E-state index is 0.167. The number of ether oxygens (including phenoxy) is 2. The van der Waals surface area contributed by atoms with Crippen LogP contribution in [-0.4, -0.2) is 66.2 Å². The average molecular weight is 326 g/mol. The number of carbonyl (C=O) groups is 3. The Morgan fingerprint density at radius 3 is 1.96 bits per heavy atom. The highest BCUT2D eigenvalue weighted by molar-refractivity contribution is 6.05. The monoisotopic (exact) mass is 326 g/mol. The maximum Gasteiger partial charge on any atom is 0.410 e. The van der Waals surface area contributed by atoms with Crippen LogP contribution in [-0.2, 0) is 19.1 Å². The lowest BCUT2D eigenvalue weighted by Gasteiger charge is -2.36. The smallest absolute Gasteiger partial charge is 0.410 e. The van der Waals surface area contributed by atoms with E-state index in [4.69, 9.17) is 9.47 Å². The number of amides is 2. The number of hydrogen-bond acceptors (Lipinski definition) is 5. The third kappa shape index (κ3) is 3.95. The van der Waals surface area contributed by atoms with Gasteiger partial charge in [0.2, 0.25) is 5.91 Å². The number of esters is 1. The maximum absolute atomic E-state index is 12.6. The van der Waals surface area contributed by atoms with E-state index >= 15 is 0 Å². The van der Waals surface area contributed by atoms with E-state index in [9.17, 15) is 14.4 Å². The van der Waals surface area contributed by atoms with E-state index in [1.165, 1.54) is 0 Å². The van der Waals surface area contributed by atoms with Crippen molar-refractivity contribution in [3.8, 4) is 0 Å². The van der Waals surface area contributed by atoms with Crippen molar-refractivity contribution in [3.05, 3.63) is 0 Å². The summed E-state index contributed by atoms with van der Waals surface area (Å²) in [5.41, 5.74) is -1.50. The van der Waals surface area contributed by atoms with Crippen LogP contribution >= 0.6 is 0 Å². The van der Waals surface area contributed by atoms with Gasteiger partial charge in [0, 0.05) is 26.2 Å². The molecule has 2 fully saturated rings. The van der Waals surface area contributed by atoms with E-state index in [1.807, 2.05) is 20.8 Å². The molecule has 0 N–H and O–H groups in total. The van der Waals surface area contributed by atoms with Crippen LogP contribution in [0.15, 0.2) is 0 Å². The fourth-order valence-corrected chi connectivity index (χ4v) is 2.62.